The molecule has 0 aliphatic carbocycles. The van der Waals surface area contributed by atoms with Gasteiger partial charge in [-0.25, -0.2) is 9.18 Å². The van der Waals surface area contributed by atoms with E-state index in [1.54, 1.807) is 19.9 Å². The van der Waals surface area contributed by atoms with Gasteiger partial charge in [-0.2, -0.15) is 0 Å². The first-order chi connectivity index (χ1) is 12.4. The Hall–Kier alpha value is -2.41. The molecule has 140 valence electrons. The molecule has 3 rings (SSSR count). The van der Waals surface area contributed by atoms with Crippen LogP contribution in [0.1, 0.15) is 32.3 Å². The van der Waals surface area contributed by atoms with Crippen LogP contribution >= 0.6 is 0 Å². The molecule has 2 heterocycles. The number of carbonyl (C=O) groups excluding carboxylic acids is 2. The van der Waals surface area contributed by atoms with Crippen LogP contribution in [0.5, 0.6) is 0 Å². The number of rotatable bonds is 4. The topological polar surface area (TPSA) is 79.5 Å². The van der Waals surface area contributed by atoms with E-state index in [0.717, 1.165) is 5.56 Å². The van der Waals surface area contributed by atoms with E-state index >= 15 is 0 Å². The van der Waals surface area contributed by atoms with Gasteiger partial charge in [0.25, 0.3) is 5.91 Å². The Kier molecular flexibility index (Phi) is 5.27. The second kappa shape index (κ2) is 7.45. The van der Waals surface area contributed by atoms with Gasteiger partial charge >= 0.3 is 6.03 Å². The maximum Gasteiger partial charge on any atom is 0.319 e. The first-order valence-electron chi connectivity index (χ1n) is 8.81. The molecule has 2 aliphatic heterocycles. The number of hydrogen-bond donors (Lipinski definition) is 3. The molecular formula is C19H24FN3O3. The molecule has 26 heavy (non-hydrogen) atoms. The molecule has 3 amide bonds. The van der Waals surface area contributed by atoms with E-state index in [1.807, 2.05) is 6.07 Å². The van der Waals surface area contributed by atoms with Gasteiger partial charge in [0.05, 0.1) is 11.6 Å². The van der Waals surface area contributed by atoms with Crippen molar-refractivity contribution in [2.75, 3.05) is 19.8 Å². The Morgan fingerprint density at radius 2 is 2.12 bits per heavy atom. The fourth-order valence-corrected chi connectivity index (χ4v) is 3.73. The quantitative estimate of drug-likeness (QED) is 0.767. The van der Waals surface area contributed by atoms with Crippen molar-refractivity contribution in [1.29, 1.82) is 0 Å². The predicted octanol–water partition coefficient (Wildman–Crippen LogP) is 1.97. The van der Waals surface area contributed by atoms with Crippen molar-refractivity contribution >= 4 is 11.9 Å². The number of halogens is 1. The van der Waals surface area contributed by atoms with Crippen LogP contribution in [0.2, 0.25) is 0 Å². The SMILES string of the molecule is CC1=C(C(=O)NCC2(c3cccc(F)c3)CCOCC2)C(C)NC(=O)N1. The summed E-state index contributed by atoms with van der Waals surface area (Å²) in [5.74, 6) is -0.518. The first kappa shape index (κ1) is 18.4. The largest absolute Gasteiger partial charge is 0.381 e. The maximum absolute atomic E-state index is 13.7. The average molecular weight is 361 g/mol. The van der Waals surface area contributed by atoms with Gasteiger partial charge in [-0.05, 0) is 44.4 Å². The number of urea groups is 1. The zero-order valence-corrected chi connectivity index (χ0v) is 15.0. The third-order valence-electron chi connectivity index (χ3n) is 5.20. The number of amides is 3. The average Bonchev–Trinajstić information content (AvgIpc) is 2.60. The molecule has 1 saturated heterocycles. The van der Waals surface area contributed by atoms with Crippen LogP contribution in [0.25, 0.3) is 0 Å². The van der Waals surface area contributed by atoms with Crippen molar-refractivity contribution in [1.82, 2.24) is 16.0 Å². The van der Waals surface area contributed by atoms with E-state index in [0.29, 0.717) is 43.9 Å². The molecular weight excluding hydrogens is 337 g/mol. The van der Waals surface area contributed by atoms with Gasteiger partial charge in [0, 0.05) is 30.9 Å². The molecule has 0 saturated carbocycles. The van der Waals surface area contributed by atoms with Crippen LogP contribution in [-0.2, 0) is 14.9 Å². The van der Waals surface area contributed by atoms with Crippen LogP contribution in [0.15, 0.2) is 35.5 Å². The molecule has 7 heteroatoms. The second-order valence-electron chi connectivity index (χ2n) is 6.94. The lowest BCUT2D eigenvalue weighted by Gasteiger charge is -2.38. The van der Waals surface area contributed by atoms with E-state index < -0.39 is 0 Å². The van der Waals surface area contributed by atoms with Crippen molar-refractivity contribution in [3.8, 4) is 0 Å². The number of allylic oxidation sites excluding steroid dienone is 1. The van der Waals surface area contributed by atoms with Crippen LogP contribution < -0.4 is 16.0 Å². The molecule has 3 N–H and O–H groups in total. The fourth-order valence-electron chi connectivity index (χ4n) is 3.73. The number of benzene rings is 1. The summed E-state index contributed by atoms with van der Waals surface area (Å²) in [7, 11) is 0. The fraction of sp³-hybridized carbons (Fsp3) is 0.474. The van der Waals surface area contributed by atoms with E-state index in [1.165, 1.54) is 12.1 Å². The standard InChI is InChI=1S/C19H24FN3O3/c1-12-16(13(2)23-18(25)22-12)17(24)21-11-19(6-8-26-9-7-19)14-4-3-5-15(20)10-14/h3-5,10,12H,6-9,11H2,1-2H3,(H,21,24)(H2,22,23,25). The molecule has 1 atom stereocenters. The minimum absolute atomic E-state index is 0.232. The first-order valence-corrected chi connectivity index (χ1v) is 8.81. The van der Waals surface area contributed by atoms with Gasteiger partial charge in [0.2, 0.25) is 0 Å². The Morgan fingerprint density at radius 1 is 1.38 bits per heavy atom. The number of hydrogen-bond acceptors (Lipinski definition) is 3. The highest BCUT2D eigenvalue weighted by Crippen LogP contribution is 2.34. The minimum Gasteiger partial charge on any atom is -0.381 e. The molecule has 0 radical (unpaired) electrons. The summed E-state index contributed by atoms with van der Waals surface area (Å²) in [6.07, 6.45) is 1.42. The summed E-state index contributed by atoms with van der Waals surface area (Å²) in [5.41, 5.74) is 1.56. The lowest BCUT2D eigenvalue weighted by Crippen LogP contribution is -2.52. The third kappa shape index (κ3) is 3.72. The molecule has 1 aromatic rings. The highest BCUT2D eigenvalue weighted by molar-refractivity contribution is 5.98. The molecule has 1 aromatic carbocycles. The van der Waals surface area contributed by atoms with Crippen molar-refractivity contribution < 1.29 is 18.7 Å². The van der Waals surface area contributed by atoms with Gasteiger partial charge in [-0.15, -0.1) is 0 Å². The normalized spacial score (nSPS) is 22.4. The Labute approximate surface area is 152 Å². The predicted molar refractivity (Wildman–Crippen MR) is 95.0 cm³/mol. The highest BCUT2D eigenvalue weighted by Gasteiger charge is 2.36. The molecule has 6 nitrogen and oxygen atoms in total. The van der Waals surface area contributed by atoms with Gasteiger partial charge in [0.15, 0.2) is 0 Å². The molecule has 0 spiro atoms. The molecule has 1 fully saturated rings. The van der Waals surface area contributed by atoms with Crippen LogP contribution in [-0.4, -0.2) is 37.7 Å². The molecule has 0 bridgehead atoms. The molecule has 1 unspecified atom stereocenters. The Balaban J connectivity index is 1.79. The van der Waals surface area contributed by atoms with Gasteiger partial charge < -0.3 is 20.7 Å². The zero-order valence-electron chi connectivity index (χ0n) is 15.0. The number of ether oxygens (including phenoxy) is 1. The van der Waals surface area contributed by atoms with E-state index in [4.69, 9.17) is 4.74 Å². The minimum atomic E-state index is -0.372. The lowest BCUT2D eigenvalue weighted by molar-refractivity contribution is -0.118. The summed E-state index contributed by atoms with van der Waals surface area (Å²) in [5, 5.41) is 8.31. The highest BCUT2D eigenvalue weighted by atomic mass is 19.1. The molecule has 0 aromatic heterocycles. The van der Waals surface area contributed by atoms with Gasteiger partial charge in [0.1, 0.15) is 5.82 Å². The van der Waals surface area contributed by atoms with Gasteiger partial charge in [-0.1, -0.05) is 12.1 Å². The maximum atomic E-state index is 13.7. The summed E-state index contributed by atoms with van der Waals surface area (Å²) < 4.78 is 19.2. The summed E-state index contributed by atoms with van der Waals surface area (Å²) in [6, 6.07) is 5.86. The summed E-state index contributed by atoms with van der Waals surface area (Å²) in [6.45, 7) is 5.01. The lowest BCUT2D eigenvalue weighted by atomic mass is 9.74. The van der Waals surface area contributed by atoms with Crippen molar-refractivity contribution in [3.63, 3.8) is 0 Å². The second-order valence-corrected chi connectivity index (χ2v) is 6.94. The summed E-state index contributed by atoms with van der Waals surface area (Å²) >= 11 is 0. The van der Waals surface area contributed by atoms with Crippen LogP contribution in [0, 0.1) is 5.82 Å². The van der Waals surface area contributed by atoms with Crippen molar-refractivity contribution in [2.24, 2.45) is 0 Å². The monoisotopic (exact) mass is 361 g/mol. The van der Waals surface area contributed by atoms with Gasteiger partial charge in [-0.3, -0.25) is 4.79 Å². The van der Waals surface area contributed by atoms with Crippen LogP contribution in [0.3, 0.4) is 0 Å². The van der Waals surface area contributed by atoms with Crippen LogP contribution in [0.4, 0.5) is 9.18 Å². The summed E-state index contributed by atoms with van der Waals surface area (Å²) in [4.78, 5) is 24.2. The van der Waals surface area contributed by atoms with E-state index in [-0.39, 0.29) is 29.2 Å². The van der Waals surface area contributed by atoms with E-state index in [2.05, 4.69) is 16.0 Å². The Morgan fingerprint density at radius 3 is 2.77 bits per heavy atom. The van der Waals surface area contributed by atoms with E-state index in [9.17, 15) is 14.0 Å². The number of carbonyl (C=O) groups is 2. The molecule has 2 aliphatic rings. The Bertz CT molecular complexity index is 741. The third-order valence-corrected chi connectivity index (χ3v) is 5.20. The van der Waals surface area contributed by atoms with Crippen molar-refractivity contribution in [2.45, 2.75) is 38.1 Å². The van der Waals surface area contributed by atoms with Crippen molar-refractivity contribution in [3.05, 3.63) is 46.9 Å². The number of nitrogens with one attached hydrogen (secondary N) is 3. The smallest absolute Gasteiger partial charge is 0.319 e. The zero-order chi connectivity index (χ0) is 18.7.